The molecule has 114 valence electrons. The van der Waals surface area contributed by atoms with Gasteiger partial charge in [0.15, 0.2) is 5.01 Å². The summed E-state index contributed by atoms with van der Waals surface area (Å²) in [5, 5.41) is 3.01. The fourth-order valence-electron chi connectivity index (χ4n) is 1.86. The van der Waals surface area contributed by atoms with Gasteiger partial charge in [-0.2, -0.15) is 0 Å². The van der Waals surface area contributed by atoms with Gasteiger partial charge >= 0.3 is 0 Å². The van der Waals surface area contributed by atoms with Crippen molar-refractivity contribution in [3.63, 3.8) is 0 Å². The molecule has 0 unspecified atom stereocenters. The molecule has 0 aliphatic heterocycles. The highest BCUT2D eigenvalue weighted by Gasteiger charge is 2.17. The van der Waals surface area contributed by atoms with Crippen LogP contribution in [-0.4, -0.2) is 21.7 Å². The van der Waals surface area contributed by atoms with Crippen LogP contribution in [-0.2, 0) is 0 Å². The van der Waals surface area contributed by atoms with E-state index >= 15 is 0 Å². The second-order valence-electron chi connectivity index (χ2n) is 4.57. The topological polar surface area (TPSA) is 72.0 Å². The van der Waals surface area contributed by atoms with Crippen LogP contribution in [0.15, 0.2) is 59.5 Å². The first-order chi connectivity index (χ1) is 11.1. The molecular formula is C16H10BrN3O2S. The second kappa shape index (κ2) is 6.80. The Balaban J connectivity index is 1.77. The van der Waals surface area contributed by atoms with Gasteiger partial charge in [0.05, 0.1) is 6.20 Å². The van der Waals surface area contributed by atoms with Gasteiger partial charge in [-0.25, -0.2) is 4.98 Å². The van der Waals surface area contributed by atoms with Crippen molar-refractivity contribution in [2.45, 2.75) is 0 Å². The minimum absolute atomic E-state index is 0.253. The maximum absolute atomic E-state index is 12.3. The van der Waals surface area contributed by atoms with Crippen molar-refractivity contribution in [3.8, 4) is 0 Å². The molecule has 3 rings (SSSR count). The Labute approximate surface area is 144 Å². The van der Waals surface area contributed by atoms with Crippen LogP contribution in [0.1, 0.15) is 25.0 Å². The maximum Gasteiger partial charge on any atom is 0.267 e. The number of benzene rings is 1. The van der Waals surface area contributed by atoms with Gasteiger partial charge in [0.1, 0.15) is 4.88 Å². The number of amides is 1. The molecule has 0 saturated heterocycles. The Hall–Kier alpha value is -2.38. The molecular weight excluding hydrogens is 378 g/mol. The van der Waals surface area contributed by atoms with Crippen molar-refractivity contribution in [1.82, 2.24) is 9.97 Å². The molecule has 0 radical (unpaired) electrons. The first-order valence-electron chi connectivity index (χ1n) is 6.61. The number of para-hydroxylation sites is 1. The fourth-order valence-corrected chi connectivity index (χ4v) is 3.00. The van der Waals surface area contributed by atoms with Crippen LogP contribution in [0.2, 0.25) is 0 Å². The molecule has 0 bridgehead atoms. The number of rotatable bonds is 4. The van der Waals surface area contributed by atoms with Gasteiger partial charge in [0.2, 0.25) is 5.78 Å². The Morgan fingerprint density at radius 3 is 2.61 bits per heavy atom. The molecule has 2 aromatic heterocycles. The summed E-state index contributed by atoms with van der Waals surface area (Å²) in [6.07, 6.45) is 4.47. The van der Waals surface area contributed by atoms with E-state index in [4.69, 9.17) is 0 Å². The minimum atomic E-state index is -0.292. The molecule has 0 spiro atoms. The third-order valence-corrected chi connectivity index (χ3v) is 4.35. The van der Waals surface area contributed by atoms with Gasteiger partial charge in [-0.15, -0.1) is 11.3 Å². The Bertz CT molecular complexity index is 865. The van der Waals surface area contributed by atoms with Gasteiger partial charge in [-0.1, -0.05) is 18.2 Å². The van der Waals surface area contributed by atoms with Gasteiger partial charge in [-0.05, 0) is 34.1 Å². The van der Waals surface area contributed by atoms with Crippen molar-refractivity contribution in [2.75, 3.05) is 5.32 Å². The maximum atomic E-state index is 12.3. The third kappa shape index (κ3) is 3.69. The lowest BCUT2D eigenvalue weighted by Crippen LogP contribution is -2.09. The van der Waals surface area contributed by atoms with E-state index in [1.54, 1.807) is 24.4 Å². The lowest BCUT2D eigenvalue weighted by molar-refractivity contribution is 0.102. The fraction of sp³-hybridized carbons (Fsp3) is 0. The average molecular weight is 388 g/mol. The zero-order valence-corrected chi connectivity index (χ0v) is 14.1. The Morgan fingerprint density at radius 2 is 1.87 bits per heavy atom. The molecule has 3 aromatic rings. The number of pyridine rings is 1. The molecule has 0 aliphatic carbocycles. The van der Waals surface area contributed by atoms with Crippen LogP contribution < -0.4 is 5.32 Å². The van der Waals surface area contributed by atoms with E-state index in [0.29, 0.717) is 20.6 Å². The molecule has 0 atom stereocenters. The number of hydrogen-bond donors (Lipinski definition) is 1. The van der Waals surface area contributed by atoms with Crippen molar-refractivity contribution in [1.29, 1.82) is 0 Å². The lowest BCUT2D eigenvalue weighted by atomic mass is 10.2. The van der Waals surface area contributed by atoms with Crippen LogP contribution in [0.5, 0.6) is 0 Å². The summed E-state index contributed by atoms with van der Waals surface area (Å²) < 4.78 is 0.710. The summed E-state index contributed by atoms with van der Waals surface area (Å²) >= 11 is 4.33. The number of carbonyl (C=O) groups excluding carboxylic acids is 2. The van der Waals surface area contributed by atoms with Crippen LogP contribution >= 0.6 is 27.3 Å². The van der Waals surface area contributed by atoms with E-state index in [9.17, 15) is 9.59 Å². The Morgan fingerprint density at radius 1 is 1.09 bits per heavy atom. The summed E-state index contributed by atoms with van der Waals surface area (Å²) in [6, 6.07) is 10.8. The molecule has 1 aromatic carbocycles. The van der Waals surface area contributed by atoms with Gasteiger partial charge < -0.3 is 5.32 Å². The standard InChI is InChI=1S/C16H10BrN3O2S/c17-11-6-10(7-18-8-11)14(21)16-19-9-13(23-16)15(22)20-12-4-2-1-3-5-12/h1-9H,(H,20,22). The predicted octanol–water partition coefficient (Wildman–Crippen LogP) is 3.78. The summed E-state index contributed by atoms with van der Waals surface area (Å²) in [6.45, 7) is 0. The number of ketones is 1. The number of aromatic nitrogens is 2. The lowest BCUT2D eigenvalue weighted by Gasteiger charge is -2.01. The van der Waals surface area contributed by atoms with E-state index in [0.717, 1.165) is 11.3 Å². The highest BCUT2D eigenvalue weighted by atomic mass is 79.9. The van der Waals surface area contributed by atoms with Crippen molar-refractivity contribution >= 4 is 44.6 Å². The van der Waals surface area contributed by atoms with Gasteiger partial charge in [0.25, 0.3) is 5.91 Å². The van der Waals surface area contributed by atoms with E-state index in [-0.39, 0.29) is 16.7 Å². The first-order valence-corrected chi connectivity index (χ1v) is 8.22. The number of nitrogens with one attached hydrogen (secondary N) is 1. The average Bonchev–Trinajstić information content (AvgIpc) is 3.05. The molecule has 5 nitrogen and oxygen atoms in total. The number of anilines is 1. The van der Waals surface area contributed by atoms with Crippen LogP contribution in [0, 0.1) is 0 Å². The van der Waals surface area contributed by atoms with E-state index < -0.39 is 0 Å². The molecule has 23 heavy (non-hydrogen) atoms. The van der Waals surface area contributed by atoms with Crippen molar-refractivity contribution in [3.05, 3.63) is 74.9 Å². The normalized spacial score (nSPS) is 10.3. The Kier molecular flexibility index (Phi) is 4.59. The highest BCUT2D eigenvalue weighted by molar-refractivity contribution is 9.10. The van der Waals surface area contributed by atoms with Crippen molar-refractivity contribution < 1.29 is 9.59 Å². The van der Waals surface area contributed by atoms with Crippen molar-refractivity contribution in [2.24, 2.45) is 0 Å². The number of nitrogens with zero attached hydrogens (tertiary/aromatic N) is 2. The molecule has 1 amide bonds. The monoisotopic (exact) mass is 387 g/mol. The zero-order chi connectivity index (χ0) is 16.2. The van der Waals surface area contributed by atoms with Crippen LogP contribution in [0.25, 0.3) is 0 Å². The molecule has 0 saturated carbocycles. The first kappa shape index (κ1) is 15.5. The summed E-state index contributed by atoms with van der Waals surface area (Å²) in [7, 11) is 0. The van der Waals surface area contributed by atoms with Crippen LogP contribution in [0.3, 0.4) is 0 Å². The third-order valence-electron chi connectivity index (χ3n) is 2.92. The molecule has 0 fully saturated rings. The number of carbonyl (C=O) groups is 2. The number of thiazole rings is 1. The van der Waals surface area contributed by atoms with E-state index in [1.807, 2.05) is 18.2 Å². The van der Waals surface area contributed by atoms with Crippen LogP contribution in [0.4, 0.5) is 5.69 Å². The predicted molar refractivity (Wildman–Crippen MR) is 91.9 cm³/mol. The van der Waals surface area contributed by atoms with E-state index in [2.05, 4.69) is 31.2 Å². The summed E-state index contributed by atoms with van der Waals surface area (Å²) in [4.78, 5) is 32.9. The van der Waals surface area contributed by atoms with Gasteiger partial charge in [0, 0.05) is 28.1 Å². The molecule has 1 N–H and O–H groups in total. The largest absolute Gasteiger partial charge is 0.321 e. The summed E-state index contributed by atoms with van der Waals surface area (Å²) in [5.41, 5.74) is 1.11. The molecule has 0 aliphatic rings. The highest BCUT2D eigenvalue weighted by Crippen LogP contribution is 2.20. The minimum Gasteiger partial charge on any atom is -0.321 e. The molecule has 2 heterocycles. The second-order valence-corrected chi connectivity index (χ2v) is 6.52. The number of halogens is 1. The molecule has 7 heteroatoms. The van der Waals surface area contributed by atoms with Gasteiger partial charge in [-0.3, -0.25) is 14.6 Å². The zero-order valence-electron chi connectivity index (χ0n) is 11.7. The number of hydrogen-bond acceptors (Lipinski definition) is 5. The quantitative estimate of drug-likeness (QED) is 0.691. The summed E-state index contributed by atoms with van der Waals surface area (Å²) in [5.74, 6) is -0.553. The smallest absolute Gasteiger partial charge is 0.267 e. The SMILES string of the molecule is O=C(Nc1ccccc1)c1cnc(C(=O)c2cncc(Br)c2)s1. The van der Waals surface area contributed by atoms with E-state index in [1.165, 1.54) is 12.4 Å².